The molecule has 1 aromatic rings. The van der Waals surface area contributed by atoms with Gasteiger partial charge in [-0.1, -0.05) is 45.1 Å². The second kappa shape index (κ2) is 13.3. The fraction of sp³-hybridized carbons (Fsp3) is 0.800. The Morgan fingerprint density at radius 1 is 1.00 bits per heavy atom. The number of fused-ring (bicyclic) bond motifs is 7. The van der Waals surface area contributed by atoms with Crippen LogP contribution in [0.15, 0.2) is 18.2 Å². The topological polar surface area (TPSA) is 70.0 Å². The number of ether oxygens (including phenoxy) is 1. The third-order valence-corrected chi connectivity index (χ3v) is 12.0. The van der Waals surface area contributed by atoms with Gasteiger partial charge in [0.2, 0.25) is 0 Å². The molecule has 5 nitrogen and oxygen atoms in total. The Labute approximate surface area is 263 Å². The van der Waals surface area contributed by atoms with Crippen LogP contribution in [0.5, 0.6) is 5.75 Å². The van der Waals surface area contributed by atoms with Crippen LogP contribution in [0, 0.1) is 23.2 Å². The smallest absolute Gasteiger partial charge is 0.453 e. The molecule has 2 saturated carbocycles. The van der Waals surface area contributed by atoms with Gasteiger partial charge in [0.05, 0.1) is 6.42 Å². The predicted molar refractivity (Wildman–Crippen MR) is 161 cm³/mol. The van der Waals surface area contributed by atoms with Gasteiger partial charge in [0.15, 0.2) is 0 Å². The molecule has 254 valence electrons. The van der Waals surface area contributed by atoms with E-state index < -0.39 is 30.2 Å². The lowest BCUT2D eigenvalue weighted by Crippen LogP contribution is -2.54. The first-order valence-corrected chi connectivity index (χ1v) is 17.0. The van der Waals surface area contributed by atoms with Gasteiger partial charge in [-0.05, 0) is 118 Å². The summed E-state index contributed by atoms with van der Waals surface area (Å²) in [5, 5.41) is 22.1. The average molecular weight is 644 g/mol. The number of esters is 1. The summed E-state index contributed by atoms with van der Waals surface area (Å²) >= 11 is 0. The number of carbonyl (C=O) groups excluding carboxylic acids is 1. The molecule has 1 aliphatic heterocycles. The second-order valence-corrected chi connectivity index (χ2v) is 14.8. The third-order valence-electron chi connectivity index (χ3n) is 12.0. The monoisotopic (exact) mass is 643 g/mol. The van der Waals surface area contributed by atoms with Crippen LogP contribution in [-0.2, 0) is 16.0 Å². The number of aliphatic hydroxyl groups is 1. The summed E-state index contributed by atoms with van der Waals surface area (Å²) in [7, 11) is 2.02. The maximum absolute atomic E-state index is 13.0. The Bertz CT molecular complexity index is 1190. The van der Waals surface area contributed by atoms with Gasteiger partial charge < -0.3 is 19.8 Å². The first-order valence-electron chi connectivity index (χ1n) is 17.0. The summed E-state index contributed by atoms with van der Waals surface area (Å²) in [6, 6.07) is 5.82. The molecule has 1 unspecified atom stereocenters. The highest BCUT2D eigenvalue weighted by molar-refractivity contribution is 5.74. The molecule has 0 bridgehead atoms. The molecule has 45 heavy (non-hydrogen) atoms. The van der Waals surface area contributed by atoms with Crippen LogP contribution in [0.4, 0.5) is 22.0 Å². The number of benzene rings is 1. The maximum atomic E-state index is 13.0. The van der Waals surface area contributed by atoms with Gasteiger partial charge in [0, 0.05) is 11.8 Å². The molecular weight excluding hydrogens is 593 g/mol. The summed E-state index contributed by atoms with van der Waals surface area (Å²) in [4.78, 5) is 14.5. The molecule has 2 N–H and O–H groups in total. The van der Waals surface area contributed by atoms with E-state index in [9.17, 15) is 37.0 Å². The minimum absolute atomic E-state index is 0.0841. The number of nitrogens with zero attached hydrogens (tertiary/aromatic N) is 1. The molecule has 1 aromatic carbocycles. The molecule has 7 atom stereocenters. The standard InChI is InChI=1S/C35H50F5NO4/c1-32-21-24(11-7-3-5-9-17-41(2)18-10-6-4-8-16-34(36,37)35(38,39)40)31-26-15-13-25(42)19-23(26)12-14-27(31)28(32)20-29-33(32,44)22-30(43)45-29/h13,15,19,24,27-29,31,42,44H,3-12,14,16-18,20-22H2,1-2H3/t24-,27-,28-,29?,31+,32-,33+/m0/s1. The van der Waals surface area contributed by atoms with Crippen LogP contribution in [0.1, 0.15) is 114 Å². The Kier molecular flexibility index (Phi) is 10.2. The van der Waals surface area contributed by atoms with Crippen molar-refractivity contribution in [2.45, 2.75) is 133 Å². The molecule has 3 fully saturated rings. The van der Waals surface area contributed by atoms with E-state index in [0.717, 1.165) is 77.3 Å². The molecule has 0 aromatic heterocycles. The van der Waals surface area contributed by atoms with Crippen molar-refractivity contribution in [1.29, 1.82) is 0 Å². The average Bonchev–Trinajstić information content (AvgIpc) is 3.37. The van der Waals surface area contributed by atoms with Gasteiger partial charge in [0.25, 0.3) is 0 Å². The van der Waals surface area contributed by atoms with E-state index in [4.69, 9.17) is 4.74 Å². The van der Waals surface area contributed by atoms with Crippen molar-refractivity contribution >= 4 is 5.97 Å². The molecule has 1 heterocycles. The zero-order valence-corrected chi connectivity index (χ0v) is 26.7. The van der Waals surface area contributed by atoms with Crippen molar-refractivity contribution in [2.75, 3.05) is 20.1 Å². The number of aromatic hydroxyl groups is 1. The first-order chi connectivity index (χ1) is 21.2. The molecule has 10 heteroatoms. The molecule has 4 aliphatic rings. The number of phenols is 1. The number of hydrogen-bond donors (Lipinski definition) is 2. The Morgan fingerprint density at radius 3 is 2.36 bits per heavy atom. The van der Waals surface area contributed by atoms with Gasteiger partial charge in [-0.25, -0.2) is 0 Å². The van der Waals surface area contributed by atoms with Crippen LogP contribution in [0.3, 0.4) is 0 Å². The number of halogens is 5. The van der Waals surface area contributed by atoms with Crippen LogP contribution >= 0.6 is 0 Å². The molecule has 0 radical (unpaired) electrons. The van der Waals surface area contributed by atoms with Gasteiger partial charge in [-0.15, -0.1) is 0 Å². The largest absolute Gasteiger partial charge is 0.508 e. The van der Waals surface area contributed by atoms with Crippen LogP contribution < -0.4 is 0 Å². The lowest BCUT2D eigenvalue weighted by Gasteiger charge is -2.56. The number of hydrogen-bond acceptors (Lipinski definition) is 5. The Balaban J connectivity index is 1.08. The molecule has 0 amide bonds. The van der Waals surface area contributed by atoms with Gasteiger partial charge in [-0.3, -0.25) is 4.79 Å². The molecule has 0 spiro atoms. The maximum Gasteiger partial charge on any atom is 0.453 e. The SMILES string of the molecule is CN(CCCCCC[C@H]1C[C@@]2(C)[C@@H](CC3OC(=O)C[C@@]32O)[C@@H]2CCc3cc(O)ccc3[C@@H]12)CCCCCCC(F)(F)C(F)(F)F. The van der Waals surface area contributed by atoms with Crippen molar-refractivity contribution in [2.24, 2.45) is 23.2 Å². The first kappa shape index (κ1) is 34.4. The van der Waals surface area contributed by atoms with Crippen molar-refractivity contribution in [3.63, 3.8) is 0 Å². The normalized spacial score (nSPS) is 32.6. The quantitative estimate of drug-likeness (QED) is 0.122. The number of phenolic OH excluding ortho intramolecular Hbond substituents is 1. The van der Waals surface area contributed by atoms with Crippen LogP contribution in [0.25, 0.3) is 0 Å². The predicted octanol–water partition coefficient (Wildman–Crippen LogP) is 8.16. The highest BCUT2D eigenvalue weighted by Crippen LogP contribution is 2.68. The lowest BCUT2D eigenvalue weighted by molar-refractivity contribution is -0.284. The highest BCUT2D eigenvalue weighted by Gasteiger charge is 2.71. The third kappa shape index (κ3) is 6.88. The van der Waals surface area contributed by atoms with E-state index in [1.54, 1.807) is 6.07 Å². The van der Waals surface area contributed by atoms with Gasteiger partial charge in [0.1, 0.15) is 17.5 Å². The van der Waals surface area contributed by atoms with Crippen molar-refractivity contribution in [3.05, 3.63) is 29.3 Å². The molecule has 3 aliphatic carbocycles. The summed E-state index contributed by atoms with van der Waals surface area (Å²) in [6.45, 7) is 3.91. The lowest BCUT2D eigenvalue weighted by atomic mass is 9.49. The minimum Gasteiger partial charge on any atom is -0.508 e. The Morgan fingerprint density at radius 2 is 1.67 bits per heavy atom. The van der Waals surface area contributed by atoms with E-state index in [1.165, 1.54) is 11.1 Å². The number of aryl methyl sites for hydroxylation is 1. The van der Waals surface area contributed by atoms with Gasteiger partial charge >= 0.3 is 18.1 Å². The van der Waals surface area contributed by atoms with E-state index in [2.05, 4.69) is 17.9 Å². The summed E-state index contributed by atoms with van der Waals surface area (Å²) < 4.78 is 68.5. The summed E-state index contributed by atoms with van der Waals surface area (Å²) in [6.07, 6.45) is 3.56. The second-order valence-electron chi connectivity index (χ2n) is 14.8. The Hall–Kier alpha value is -1.94. The minimum atomic E-state index is -5.46. The van der Waals surface area contributed by atoms with Crippen LogP contribution in [-0.4, -0.2) is 65.0 Å². The van der Waals surface area contributed by atoms with Crippen molar-refractivity contribution in [3.8, 4) is 5.75 Å². The fourth-order valence-corrected chi connectivity index (χ4v) is 9.58. The summed E-state index contributed by atoms with van der Waals surface area (Å²) in [5.41, 5.74) is 1.10. The number of rotatable bonds is 14. The van der Waals surface area contributed by atoms with Gasteiger partial charge in [-0.2, -0.15) is 22.0 Å². The van der Waals surface area contributed by atoms with E-state index >= 15 is 0 Å². The van der Waals surface area contributed by atoms with Crippen LogP contribution in [0.2, 0.25) is 0 Å². The molecule has 5 rings (SSSR count). The van der Waals surface area contributed by atoms with E-state index in [-0.39, 0.29) is 24.2 Å². The number of carbonyl (C=O) groups is 1. The van der Waals surface area contributed by atoms with Crippen molar-refractivity contribution < 1.29 is 41.7 Å². The molecule has 1 saturated heterocycles. The number of unbranched alkanes of at least 4 members (excludes halogenated alkanes) is 6. The molecular formula is C35H50F5NO4. The van der Waals surface area contributed by atoms with E-state index in [1.807, 2.05) is 13.1 Å². The number of alkyl halides is 5. The zero-order chi connectivity index (χ0) is 32.6. The zero-order valence-electron chi connectivity index (χ0n) is 26.7. The summed E-state index contributed by atoms with van der Waals surface area (Å²) in [5.74, 6) is -3.14. The highest BCUT2D eigenvalue weighted by atomic mass is 19.4. The fourth-order valence-electron chi connectivity index (χ4n) is 9.58. The van der Waals surface area contributed by atoms with Crippen molar-refractivity contribution in [1.82, 2.24) is 4.90 Å². The van der Waals surface area contributed by atoms with E-state index in [0.29, 0.717) is 42.3 Å².